The number of benzene rings is 5. The van der Waals surface area contributed by atoms with Crippen LogP contribution in [0.4, 0.5) is 0 Å². The molecule has 0 atom stereocenters. The molecule has 0 heterocycles. The Hall–Kier alpha value is -3.67. The Balaban J connectivity index is 0.000000211. The van der Waals surface area contributed by atoms with Gasteiger partial charge in [-0.1, -0.05) is 131 Å². The molecule has 2 heteroatoms. The van der Waals surface area contributed by atoms with Crippen LogP contribution in [0.3, 0.4) is 0 Å². The molecule has 5 rings (SSSR count). The third kappa shape index (κ3) is 6.72. The second-order valence-corrected chi connectivity index (χ2v) is 11.5. The number of rotatable bonds is 4. The van der Waals surface area contributed by atoms with Crippen LogP contribution in [0.5, 0.6) is 5.75 Å². The molecule has 1 N–H and O–H groups in total. The predicted molar refractivity (Wildman–Crippen MR) is 158 cm³/mol. The zero-order valence-electron chi connectivity index (χ0n) is 21.4. The number of aromatic hydroxyl groups is 1. The third-order valence-electron chi connectivity index (χ3n) is 5.92. The van der Waals surface area contributed by atoms with E-state index >= 15 is 0 Å². The van der Waals surface area contributed by atoms with Gasteiger partial charge in [-0.2, -0.15) is 0 Å². The number of phenolic OH excluding ortho intramolecular Hbond substituents is 1. The van der Waals surface area contributed by atoms with Crippen LogP contribution < -0.4 is 15.9 Å². The summed E-state index contributed by atoms with van der Waals surface area (Å²) >= 11 is 0. The maximum absolute atomic E-state index is 9.66. The average molecular weight is 489 g/mol. The van der Waals surface area contributed by atoms with Crippen molar-refractivity contribution in [2.24, 2.45) is 0 Å². The molecule has 0 amide bonds. The molecular formula is C34H33OP. The summed E-state index contributed by atoms with van der Waals surface area (Å²) in [7, 11) is -0.634. The zero-order chi connectivity index (χ0) is 25.5. The van der Waals surface area contributed by atoms with E-state index in [1.807, 2.05) is 12.1 Å². The van der Waals surface area contributed by atoms with Crippen molar-refractivity contribution in [1.82, 2.24) is 0 Å². The van der Waals surface area contributed by atoms with E-state index in [1.54, 1.807) is 12.1 Å². The first-order chi connectivity index (χ1) is 17.4. The number of hydrogen-bond donors (Lipinski definition) is 1. The lowest BCUT2D eigenvalue weighted by atomic mass is 10.1. The molecule has 180 valence electrons. The third-order valence-corrected chi connectivity index (χ3v) is 8.28. The van der Waals surface area contributed by atoms with Crippen LogP contribution in [-0.4, -0.2) is 5.11 Å². The van der Waals surface area contributed by atoms with Crippen LogP contribution >= 0.6 is 7.92 Å². The standard InChI is InChI=1S/C22H23OP.C12H10/c1-15-9-16(2)12-21(11-15)24(20-7-5-19(23)6-8-20)22-13-17(3)10-18(4)14-22;1-3-7-11(8-4-1)12-9-5-2-6-10-12/h5-14,23H,1-4H3;1-10H. The molecule has 5 aromatic carbocycles. The minimum absolute atomic E-state index is 0.314. The fourth-order valence-corrected chi connectivity index (χ4v) is 7.14. The van der Waals surface area contributed by atoms with Gasteiger partial charge in [0.25, 0.3) is 0 Å². The van der Waals surface area contributed by atoms with Crippen molar-refractivity contribution in [2.45, 2.75) is 27.7 Å². The normalized spacial score (nSPS) is 10.6. The largest absolute Gasteiger partial charge is 0.508 e. The molecular weight excluding hydrogens is 455 g/mol. The molecule has 0 bridgehead atoms. The van der Waals surface area contributed by atoms with Crippen LogP contribution in [0.15, 0.2) is 121 Å². The molecule has 5 aromatic rings. The molecule has 0 aliphatic rings. The molecule has 36 heavy (non-hydrogen) atoms. The summed E-state index contributed by atoms with van der Waals surface area (Å²) in [6.07, 6.45) is 0. The van der Waals surface area contributed by atoms with Gasteiger partial charge in [0, 0.05) is 0 Å². The van der Waals surface area contributed by atoms with E-state index in [0.29, 0.717) is 5.75 Å². The monoisotopic (exact) mass is 488 g/mol. The van der Waals surface area contributed by atoms with Crippen molar-refractivity contribution in [1.29, 1.82) is 0 Å². The van der Waals surface area contributed by atoms with E-state index in [0.717, 1.165) is 0 Å². The van der Waals surface area contributed by atoms with Crippen LogP contribution in [0.25, 0.3) is 11.1 Å². The van der Waals surface area contributed by atoms with E-state index in [9.17, 15) is 5.11 Å². The van der Waals surface area contributed by atoms with Crippen LogP contribution in [0.1, 0.15) is 22.3 Å². The Morgan fingerprint density at radius 2 is 0.778 bits per heavy atom. The summed E-state index contributed by atoms with van der Waals surface area (Å²) in [5, 5.41) is 13.6. The van der Waals surface area contributed by atoms with E-state index < -0.39 is 7.92 Å². The second kappa shape index (κ2) is 11.8. The minimum Gasteiger partial charge on any atom is -0.508 e. The van der Waals surface area contributed by atoms with Gasteiger partial charge in [0.2, 0.25) is 0 Å². The van der Waals surface area contributed by atoms with Gasteiger partial charge in [0.15, 0.2) is 0 Å². The van der Waals surface area contributed by atoms with Gasteiger partial charge < -0.3 is 5.11 Å². The molecule has 0 aromatic heterocycles. The van der Waals surface area contributed by atoms with Gasteiger partial charge in [-0.3, -0.25) is 0 Å². The first-order valence-corrected chi connectivity index (χ1v) is 13.6. The summed E-state index contributed by atoms with van der Waals surface area (Å²) in [6, 6.07) is 42.1. The van der Waals surface area contributed by atoms with Crippen molar-refractivity contribution < 1.29 is 5.11 Å². The zero-order valence-corrected chi connectivity index (χ0v) is 22.3. The number of aryl methyl sites for hydroxylation is 4. The lowest BCUT2D eigenvalue weighted by Gasteiger charge is -2.21. The van der Waals surface area contributed by atoms with Crippen molar-refractivity contribution >= 4 is 23.8 Å². The fraction of sp³-hybridized carbons (Fsp3) is 0.118. The average Bonchev–Trinajstić information content (AvgIpc) is 2.86. The van der Waals surface area contributed by atoms with E-state index in [2.05, 4.69) is 125 Å². The summed E-state index contributed by atoms with van der Waals surface area (Å²) < 4.78 is 0. The highest BCUT2D eigenvalue weighted by atomic mass is 31.1. The summed E-state index contributed by atoms with van der Waals surface area (Å²) in [4.78, 5) is 0. The Bertz CT molecular complexity index is 1280. The fourth-order valence-electron chi connectivity index (χ4n) is 4.47. The first-order valence-electron chi connectivity index (χ1n) is 12.3. The minimum atomic E-state index is -0.634. The lowest BCUT2D eigenvalue weighted by Crippen LogP contribution is -2.21. The summed E-state index contributed by atoms with van der Waals surface area (Å²) in [5.41, 5.74) is 7.72. The van der Waals surface area contributed by atoms with Gasteiger partial charge in [-0.15, -0.1) is 0 Å². The molecule has 0 aliphatic carbocycles. The quantitative estimate of drug-likeness (QED) is 0.257. The van der Waals surface area contributed by atoms with Crippen molar-refractivity contribution in [3.8, 4) is 16.9 Å². The van der Waals surface area contributed by atoms with E-state index in [4.69, 9.17) is 0 Å². The van der Waals surface area contributed by atoms with Gasteiger partial charge in [0.1, 0.15) is 5.75 Å². The Kier molecular flexibility index (Phi) is 8.36. The molecule has 0 unspecified atom stereocenters. The van der Waals surface area contributed by atoms with Crippen molar-refractivity contribution in [3.05, 3.63) is 144 Å². The Morgan fingerprint density at radius 1 is 0.417 bits per heavy atom. The second-order valence-electron chi connectivity index (χ2n) is 9.28. The summed E-state index contributed by atoms with van der Waals surface area (Å²) in [5.74, 6) is 0.314. The van der Waals surface area contributed by atoms with Crippen LogP contribution in [0.2, 0.25) is 0 Å². The molecule has 1 nitrogen and oxygen atoms in total. The maximum atomic E-state index is 9.66. The van der Waals surface area contributed by atoms with Gasteiger partial charge in [-0.05, 0) is 74.8 Å². The van der Waals surface area contributed by atoms with Gasteiger partial charge >= 0.3 is 0 Å². The van der Waals surface area contributed by atoms with Gasteiger partial charge in [0.05, 0.1) is 0 Å². The van der Waals surface area contributed by atoms with Gasteiger partial charge in [-0.25, -0.2) is 0 Å². The molecule has 0 saturated heterocycles. The molecule has 0 aliphatic heterocycles. The van der Waals surface area contributed by atoms with E-state index in [1.165, 1.54) is 49.3 Å². The number of phenols is 1. The van der Waals surface area contributed by atoms with Crippen molar-refractivity contribution in [2.75, 3.05) is 0 Å². The molecule has 0 radical (unpaired) electrons. The highest BCUT2D eigenvalue weighted by Crippen LogP contribution is 2.34. The molecule has 0 spiro atoms. The SMILES string of the molecule is Cc1cc(C)cc(P(c2ccc(O)cc2)c2cc(C)cc(C)c2)c1.c1ccc(-c2ccccc2)cc1. The van der Waals surface area contributed by atoms with Crippen LogP contribution in [0, 0.1) is 27.7 Å². The first kappa shape index (κ1) is 25.4. The maximum Gasteiger partial charge on any atom is 0.115 e. The molecule has 0 fully saturated rings. The lowest BCUT2D eigenvalue weighted by molar-refractivity contribution is 0.475. The smallest absolute Gasteiger partial charge is 0.115 e. The predicted octanol–water partition coefficient (Wildman–Crippen LogP) is 7.74. The topological polar surface area (TPSA) is 20.2 Å². The highest BCUT2D eigenvalue weighted by molar-refractivity contribution is 7.79. The van der Waals surface area contributed by atoms with Crippen LogP contribution in [-0.2, 0) is 0 Å². The number of hydrogen-bond acceptors (Lipinski definition) is 1. The Morgan fingerprint density at radius 3 is 1.14 bits per heavy atom. The highest BCUT2D eigenvalue weighted by Gasteiger charge is 2.18. The van der Waals surface area contributed by atoms with Crippen molar-refractivity contribution in [3.63, 3.8) is 0 Å². The van der Waals surface area contributed by atoms with E-state index in [-0.39, 0.29) is 0 Å². The summed E-state index contributed by atoms with van der Waals surface area (Å²) in [6.45, 7) is 8.62. The Labute approximate surface area is 216 Å². The molecule has 0 saturated carbocycles.